The molecular weight excluding hydrogens is 236 g/mol. The van der Waals surface area contributed by atoms with E-state index in [1.807, 2.05) is 29.1 Å². The van der Waals surface area contributed by atoms with Gasteiger partial charge in [0.2, 0.25) is 0 Å². The number of rotatable bonds is 5. The van der Waals surface area contributed by atoms with Crippen LogP contribution in [-0.4, -0.2) is 19.2 Å². The number of aromatic nitrogens is 1. The Hall–Kier alpha value is -1.75. The number of thiazole rings is 1. The van der Waals surface area contributed by atoms with Gasteiger partial charge in [-0.1, -0.05) is 0 Å². The van der Waals surface area contributed by atoms with E-state index in [2.05, 4.69) is 10.3 Å². The van der Waals surface area contributed by atoms with Crippen molar-refractivity contribution in [3.63, 3.8) is 0 Å². The van der Waals surface area contributed by atoms with E-state index in [4.69, 9.17) is 9.47 Å². The van der Waals surface area contributed by atoms with Gasteiger partial charge >= 0.3 is 0 Å². The Labute approximate surface area is 104 Å². The Kier molecular flexibility index (Phi) is 3.82. The molecule has 0 spiro atoms. The van der Waals surface area contributed by atoms with Gasteiger partial charge in [-0.15, -0.1) is 11.3 Å². The zero-order valence-electron chi connectivity index (χ0n) is 9.77. The third-order valence-electron chi connectivity index (χ3n) is 2.34. The minimum Gasteiger partial charge on any atom is -0.493 e. The smallest absolute Gasteiger partial charge is 0.162 e. The van der Waals surface area contributed by atoms with Gasteiger partial charge in [0.15, 0.2) is 11.5 Å². The van der Waals surface area contributed by atoms with Gasteiger partial charge in [0, 0.05) is 17.1 Å². The fourth-order valence-corrected chi connectivity index (χ4v) is 2.02. The highest BCUT2D eigenvalue weighted by Gasteiger charge is 2.04. The Morgan fingerprint density at radius 2 is 2.06 bits per heavy atom. The molecule has 0 atom stereocenters. The average molecular weight is 250 g/mol. The third kappa shape index (κ3) is 2.88. The van der Waals surface area contributed by atoms with Gasteiger partial charge in [-0.3, -0.25) is 0 Å². The molecule has 17 heavy (non-hydrogen) atoms. The number of benzene rings is 1. The average Bonchev–Trinajstić information content (AvgIpc) is 2.89. The molecule has 0 amide bonds. The molecule has 0 saturated carbocycles. The maximum Gasteiger partial charge on any atom is 0.162 e. The molecular formula is C12H14N2O2S. The highest BCUT2D eigenvalue weighted by molar-refractivity contribution is 7.07. The van der Waals surface area contributed by atoms with Gasteiger partial charge < -0.3 is 14.8 Å². The number of hydrogen-bond acceptors (Lipinski definition) is 5. The predicted molar refractivity (Wildman–Crippen MR) is 69.0 cm³/mol. The van der Waals surface area contributed by atoms with Gasteiger partial charge in [-0.2, -0.15) is 0 Å². The standard InChI is InChI=1S/C12H14N2O2S/c1-15-11-4-3-9(5-12(11)16-2)13-6-10-7-17-8-14-10/h3-5,7-8,13H,6H2,1-2H3. The molecule has 5 heteroatoms. The predicted octanol–water partition coefficient (Wildman–Crippen LogP) is 2.77. The molecule has 1 N–H and O–H groups in total. The van der Waals surface area contributed by atoms with Gasteiger partial charge in [0.05, 0.1) is 32.0 Å². The maximum atomic E-state index is 5.24. The lowest BCUT2D eigenvalue weighted by molar-refractivity contribution is 0.355. The molecule has 4 nitrogen and oxygen atoms in total. The van der Waals surface area contributed by atoms with Crippen LogP contribution in [0.1, 0.15) is 5.69 Å². The highest BCUT2D eigenvalue weighted by Crippen LogP contribution is 2.29. The third-order valence-corrected chi connectivity index (χ3v) is 2.98. The zero-order chi connectivity index (χ0) is 12.1. The molecule has 0 saturated heterocycles. The van der Waals surface area contributed by atoms with E-state index in [0.29, 0.717) is 6.54 Å². The Morgan fingerprint density at radius 1 is 1.24 bits per heavy atom. The van der Waals surface area contributed by atoms with Crippen LogP contribution in [0.3, 0.4) is 0 Å². The van der Waals surface area contributed by atoms with Gasteiger partial charge in [-0.25, -0.2) is 4.98 Å². The van der Waals surface area contributed by atoms with Crippen LogP contribution in [-0.2, 0) is 6.54 Å². The van der Waals surface area contributed by atoms with E-state index >= 15 is 0 Å². The van der Waals surface area contributed by atoms with Crippen molar-refractivity contribution < 1.29 is 9.47 Å². The number of anilines is 1. The summed E-state index contributed by atoms with van der Waals surface area (Å²) in [7, 11) is 3.25. The van der Waals surface area contributed by atoms with Gasteiger partial charge in [0.1, 0.15) is 0 Å². The Morgan fingerprint density at radius 3 is 2.71 bits per heavy atom. The second kappa shape index (κ2) is 5.54. The number of nitrogens with zero attached hydrogens (tertiary/aromatic N) is 1. The Balaban J connectivity index is 2.06. The summed E-state index contributed by atoms with van der Waals surface area (Å²) in [6, 6.07) is 5.74. The Bertz CT molecular complexity index is 471. The summed E-state index contributed by atoms with van der Waals surface area (Å²) in [5, 5.41) is 5.30. The van der Waals surface area contributed by atoms with E-state index < -0.39 is 0 Å². The molecule has 2 aromatic rings. The SMILES string of the molecule is COc1ccc(NCc2cscn2)cc1OC. The second-order valence-corrected chi connectivity index (χ2v) is 4.12. The molecule has 0 bridgehead atoms. The van der Waals surface area contributed by atoms with Crippen molar-refractivity contribution in [2.24, 2.45) is 0 Å². The molecule has 0 radical (unpaired) electrons. The van der Waals surface area contributed by atoms with Crippen LogP contribution in [0, 0.1) is 0 Å². The van der Waals surface area contributed by atoms with Crippen LogP contribution >= 0.6 is 11.3 Å². The zero-order valence-corrected chi connectivity index (χ0v) is 10.6. The minimum absolute atomic E-state index is 0.707. The first-order valence-electron chi connectivity index (χ1n) is 5.16. The molecule has 0 unspecified atom stereocenters. The van der Waals surface area contributed by atoms with Crippen LogP contribution in [0.4, 0.5) is 5.69 Å². The highest BCUT2D eigenvalue weighted by atomic mass is 32.1. The van der Waals surface area contributed by atoms with Crippen molar-refractivity contribution in [3.05, 3.63) is 34.8 Å². The summed E-state index contributed by atoms with van der Waals surface area (Å²) in [5.41, 5.74) is 3.84. The summed E-state index contributed by atoms with van der Waals surface area (Å²) in [4.78, 5) is 4.21. The van der Waals surface area contributed by atoms with Crippen molar-refractivity contribution >= 4 is 17.0 Å². The monoisotopic (exact) mass is 250 g/mol. The molecule has 0 aliphatic carbocycles. The van der Waals surface area contributed by atoms with E-state index in [9.17, 15) is 0 Å². The van der Waals surface area contributed by atoms with E-state index in [1.54, 1.807) is 25.6 Å². The fourth-order valence-electron chi connectivity index (χ4n) is 1.46. The van der Waals surface area contributed by atoms with Crippen molar-refractivity contribution in [1.82, 2.24) is 4.98 Å². The van der Waals surface area contributed by atoms with Gasteiger partial charge in [-0.05, 0) is 12.1 Å². The summed E-state index contributed by atoms with van der Waals surface area (Å²) >= 11 is 1.59. The lowest BCUT2D eigenvalue weighted by Crippen LogP contribution is -2.00. The summed E-state index contributed by atoms with van der Waals surface area (Å²) in [6.07, 6.45) is 0. The number of ether oxygens (including phenoxy) is 2. The second-order valence-electron chi connectivity index (χ2n) is 3.40. The van der Waals surface area contributed by atoms with Crippen molar-refractivity contribution in [2.45, 2.75) is 6.54 Å². The maximum absolute atomic E-state index is 5.24. The summed E-state index contributed by atoms with van der Waals surface area (Å²) in [5.74, 6) is 1.45. The molecule has 90 valence electrons. The lowest BCUT2D eigenvalue weighted by Gasteiger charge is -2.10. The molecule has 1 heterocycles. The van der Waals surface area contributed by atoms with E-state index in [1.165, 1.54) is 0 Å². The molecule has 1 aromatic carbocycles. The van der Waals surface area contributed by atoms with E-state index in [-0.39, 0.29) is 0 Å². The largest absolute Gasteiger partial charge is 0.493 e. The molecule has 0 aliphatic heterocycles. The van der Waals surface area contributed by atoms with Crippen LogP contribution in [0.25, 0.3) is 0 Å². The summed E-state index contributed by atoms with van der Waals surface area (Å²) in [6.45, 7) is 0.707. The van der Waals surface area contributed by atoms with Crippen LogP contribution < -0.4 is 14.8 Å². The van der Waals surface area contributed by atoms with Crippen LogP contribution in [0.5, 0.6) is 11.5 Å². The minimum atomic E-state index is 0.707. The number of hydrogen-bond donors (Lipinski definition) is 1. The first-order chi connectivity index (χ1) is 8.33. The normalized spacial score (nSPS) is 10.0. The van der Waals surface area contributed by atoms with Crippen molar-refractivity contribution in [2.75, 3.05) is 19.5 Å². The molecule has 0 fully saturated rings. The molecule has 2 rings (SSSR count). The quantitative estimate of drug-likeness (QED) is 0.886. The topological polar surface area (TPSA) is 43.4 Å². The van der Waals surface area contributed by atoms with E-state index in [0.717, 1.165) is 22.9 Å². The van der Waals surface area contributed by atoms with Crippen LogP contribution in [0.15, 0.2) is 29.1 Å². The van der Waals surface area contributed by atoms with Crippen molar-refractivity contribution in [3.8, 4) is 11.5 Å². The first kappa shape index (κ1) is 11.7. The molecule has 0 aliphatic rings. The summed E-state index contributed by atoms with van der Waals surface area (Å²) < 4.78 is 10.4. The first-order valence-corrected chi connectivity index (χ1v) is 6.10. The van der Waals surface area contributed by atoms with Crippen molar-refractivity contribution in [1.29, 1.82) is 0 Å². The molecule has 1 aromatic heterocycles. The number of nitrogens with one attached hydrogen (secondary N) is 1. The lowest BCUT2D eigenvalue weighted by atomic mass is 10.2. The van der Waals surface area contributed by atoms with Crippen LogP contribution in [0.2, 0.25) is 0 Å². The van der Waals surface area contributed by atoms with Gasteiger partial charge in [0.25, 0.3) is 0 Å². The number of methoxy groups -OCH3 is 2. The fraction of sp³-hybridized carbons (Fsp3) is 0.250.